The summed E-state index contributed by atoms with van der Waals surface area (Å²) in [6.07, 6.45) is 0. The average Bonchev–Trinajstić information content (AvgIpc) is 2.33. The Morgan fingerprint density at radius 1 is 1.26 bits per heavy atom. The second-order valence-electron chi connectivity index (χ2n) is 3.61. The molecular weight excluding hydrogens is 258 g/mol. The van der Waals surface area contributed by atoms with Crippen LogP contribution in [0.1, 0.15) is 0 Å². The minimum Gasteiger partial charge on any atom is -0.378 e. The lowest BCUT2D eigenvalue weighted by Gasteiger charge is -2.07. The van der Waals surface area contributed by atoms with Crippen molar-refractivity contribution in [3.8, 4) is 0 Å². The maximum atomic E-state index is 13.4. The van der Waals surface area contributed by atoms with Crippen LogP contribution in [0.3, 0.4) is 0 Å². The molecule has 2 rings (SSSR count). The van der Waals surface area contributed by atoms with E-state index in [1.165, 1.54) is 6.07 Å². The van der Waals surface area contributed by atoms with Crippen molar-refractivity contribution in [2.75, 3.05) is 11.1 Å². The molecule has 0 aliphatic rings. The first-order valence-corrected chi connectivity index (χ1v) is 5.10. The monoisotopic (exact) mass is 266 g/mol. The molecule has 0 atom stereocenters. The Morgan fingerprint density at radius 3 is 2.63 bits per heavy atom. The number of benzene rings is 1. The van der Waals surface area contributed by atoms with Gasteiger partial charge in [-0.2, -0.15) is 0 Å². The fraction of sp³-hybridized carbons (Fsp3) is 0. The second-order valence-corrected chi connectivity index (χ2v) is 3.61. The normalized spacial score (nSPS) is 10.2. The molecule has 0 radical (unpaired) electrons. The first-order chi connectivity index (χ1) is 8.97. The fourth-order valence-corrected chi connectivity index (χ4v) is 1.42. The number of nitrogens with one attached hydrogen (secondary N) is 1. The van der Waals surface area contributed by atoms with Crippen molar-refractivity contribution in [2.45, 2.75) is 0 Å². The van der Waals surface area contributed by atoms with E-state index in [1.807, 2.05) is 0 Å². The molecule has 1 aromatic heterocycles. The van der Waals surface area contributed by atoms with Gasteiger partial charge in [0.1, 0.15) is 17.5 Å². The SMILES string of the molecule is Nc1nc(Nc2cc(F)ccc2F)ccc1[N+](=O)[O-]. The highest BCUT2D eigenvalue weighted by atomic mass is 19.1. The van der Waals surface area contributed by atoms with E-state index in [9.17, 15) is 18.9 Å². The topological polar surface area (TPSA) is 94.1 Å². The molecule has 19 heavy (non-hydrogen) atoms. The predicted octanol–water partition coefficient (Wildman–Crippen LogP) is 2.59. The largest absolute Gasteiger partial charge is 0.378 e. The summed E-state index contributed by atoms with van der Waals surface area (Å²) in [5, 5.41) is 13.0. The number of halogens is 2. The van der Waals surface area contributed by atoms with Crippen LogP contribution in [0.4, 0.5) is 31.8 Å². The number of hydrogen-bond donors (Lipinski definition) is 2. The van der Waals surface area contributed by atoms with E-state index in [4.69, 9.17) is 5.73 Å². The number of aromatic nitrogens is 1. The molecule has 6 nitrogen and oxygen atoms in total. The standard InChI is InChI=1S/C11H8F2N4O2/c12-6-1-2-7(13)8(5-6)15-10-4-3-9(17(18)19)11(14)16-10/h1-5H,(H3,14,15,16). The summed E-state index contributed by atoms with van der Waals surface area (Å²) in [5.41, 5.74) is 4.89. The van der Waals surface area contributed by atoms with Crippen LogP contribution in [-0.2, 0) is 0 Å². The van der Waals surface area contributed by atoms with Crippen molar-refractivity contribution in [3.63, 3.8) is 0 Å². The van der Waals surface area contributed by atoms with E-state index in [0.717, 1.165) is 24.3 Å². The summed E-state index contributed by atoms with van der Waals surface area (Å²) in [4.78, 5) is 13.6. The van der Waals surface area contributed by atoms with E-state index in [-0.39, 0.29) is 23.0 Å². The lowest BCUT2D eigenvalue weighted by molar-refractivity contribution is -0.384. The Morgan fingerprint density at radius 2 is 2.00 bits per heavy atom. The quantitative estimate of drug-likeness (QED) is 0.657. The highest BCUT2D eigenvalue weighted by molar-refractivity contribution is 5.62. The number of nitrogens with zero attached hydrogens (tertiary/aromatic N) is 2. The van der Waals surface area contributed by atoms with Crippen LogP contribution < -0.4 is 11.1 Å². The number of nitrogens with two attached hydrogens (primary N) is 1. The molecule has 0 amide bonds. The van der Waals surface area contributed by atoms with Crippen LogP contribution in [0.2, 0.25) is 0 Å². The molecule has 0 fully saturated rings. The number of anilines is 3. The van der Waals surface area contributed by atoms with Gasteiger partial charge in [0.25, 0.3) is 0 Å². The third-order valence-corrected chi connectivity index (χ3v) is 2.29. The van der Waals surface area contributed by atoms with Crippen molar-refractivity contribution >= 4 is 23.0 Å². The van der Waals surface area contributed by atoms with Crippen LogP contribution >= 0.6 is 0 Å². The molecule has 0 aliphatic carbocycles. The first-order valence-electron chi connectivity index (χ1n) is 5.10. The van der Waals surface area contributed by atoms with Gasteiger partial charge in [0.05, 0.1) is 10.6 Å². The fourth-order valence-electron chi connectivity index (χ4n) is 1.42. The van der Waals surface area contributed by atoms with E-state index in [2.05, 4.69) is 10.3 Å². The Kier molecular flexibility index (Phi) is 3.23. The Labute approximate surface area is 106 Å². The number of hydrogen-bond acceptors (Lipinski definition) is 5. The van der Waals surface area contributed by atoms with Crippen LogP contribution in [0.15, 0.2) is 30.3 Å². The van der Waals surface area contributed by atoms with Crippen LogP contribution in [0, 0.1) is 21.7 Å². The summed E-state index contributed by atoms with van der Waals surface area (Å²) < 4.78 is 26.3. The minimum absolute atomic E-state index is 0.0765. The van der Waals surface area contributed by atoms with Gasteiger partial charge in [-0.15, -0.1) is 0 Å². The van der Waals surface area contributed by atoms with Crippen molar-refractivity contribution in [1.82, 2.24) is 4.98 Å². The lowest BCUT2D eigenvalue weighted by Crippen LogP contribution is -2.02. The Bertz CT molecular complexity index is 649. The molecule has 8 heteroatoms. The molecule has 3 N–H and O–H groups in total. The molecule has 0 saturated carbocycles. The van der Waals surface area contributed by atoms with Gasteiger partial charge in [-0.25, -0.2) is 13.8 Å². The highest BCUT2D eigenvalue weighted by Gasteiger charge is 2.13. The van der Waals surface area contributed by atoms with Gasteiger partial charge in [0.2, 0.25) is 5.82 Å². The molecular formula is C11H8F2N4O2. The summed E-state index contributed by atoms with van der Waals surface area (Å²) in [5.74, 6) is -1.54. The smallest absolute Gasteiger partial charge is 0.311 e. The molecule has 1 aromatic carbocycles. The summed E-state index contributed by atoms with van der Waals surface area (Å²) >= 11 is 0. The zero-order chi connectivity index (χ0) is 14.0. The van der Waals surface area contributed by atoms with Crippen molar-refractivity contribution in [1.29, 1.82) is 0 Å². The summed E-state index contributed by atoms with van der Waals surface area (Å²) in [7, 11) is 0. The molecule has 0 aliphatic heterocycles. The first kappa shape index (κ1) is 12.7. The summed E-state index contributed by atoms with van der Waals surface area (Å²) in [6, 6.07) is 5.24. The zero-order valence-corrected chi connectivity index (χ0v) is 9.43. The number of pyridine rings is 1. The van der Waals surface area contributed by atoms with Gasteiger partial charge >= 0.3 is 5.69 Å². The van der Waals surface area contributed by atoms with Crippen LogP contribution in [-0.4, -0.2) is 9.91 Å². The van der Waals surface area contributed by atoms with Gasteiger partial charge in [0.15, 0.2) is 0 Å². The Balaban J connectivity index is 2.31. The van der Waals surface area contributed by atoms with Gasteiger partial charge in [-0.05, 0) is 18.2 Å². The molecule has 2 aromatic rings. The van der Waals surface area contributed by atoms with Crippen molar-refractivity contribution in [3.05, 3.63) is 52.1 Å². The van der Waals surface area contributed by atoms with Gasteiger partial charge in [-0.3, -0.25) is 10.1 Å². The van der Waals surface area contributed by atoms with Gasteiger partial charge in [0, 0.05) is 12.1 Å². The van der Waals surface area contributed by atoms with E-state index in [0.29, 0.717) is 0 Å². The molecule has 98 valence electrons. The number of rotatable bonds is 3. The minimum atomic E-state index is -0.686. The third-order valence-electron chi connectivity index (χ3n) is 2.29. The maximum absolute atomic E-state index is 13.4. The molecule has 0 unspecified atom stereocenters. The molecule has 0 spiro atoms. The lowest BCUT2D eigenvalue weighted by atomic mass is 10.3. The number of nitrogen functional groups attached to an aromatic ring is 1. The van der Waals surface area contributed by atoms with E-state index >= 15 is 0 Å². The molecule has 0 saturated heterocycles. The van der Waals surface area contributed by atoms with Crippen LogP contribution in [0.25, 0.3) is 0 Å². The van der Waals surface area contributed by atoms with Crippen LogP contribution in [0.5, 0.6) is 0 Å². The zero-order valence-electron chi connectivity index (χ0n) is 9.43. The molecule has 0 bridgehead atoms. The summed E-state index contributed by atoms with van der Waals surface area (Å²) in [6.45, 7) is 0. The predicted molar refractivity (Wildman–Crippen MR) is 64.9 cm³/mol. The third kappa shape index (κ3) is 2.73. The molecule has 1 heterocycles. The number of nitro groups is 1. The van der Waals surface area contributed by atoms with E-state index in [1.54, 1.807) is 0 Å². The van der Waals surface area contributed by atoms with Crippen molar-refractivity contribution in [2.24, 2.45) is 0 Å². The Hall–Kier alpha value is -2.77. The second kappa shape index (κ2) is 4.84. The highest BCUT2D eigenvalue weighted by Crippen LogP contribution is 2.24. The van der Waals surface area contributed by atoms with Gasteiger partial charge < -0.3 is 11.1 Å². The average molecular weight is 266 g/mol. The van der Waals surface area contributed by atoms with E-state index < -0.39 is 16.6 Å². The van der Waals surface area contributed by atoms with Crippen molar-refractivity contribution < 1.29 is 13.7 Å². The maximum Gasteiger partial charge on any atom is 0.311 e. The van der Waals surface area contributed by atoms with Gasteiger partial charge in [-0.1, -0.05) is 0 Å².